The number of aliphatic imine (C=N–C) groups is 1. The van der Waals surface area contributed by atoms with E-state index in [9.17, 15) is 13.2 Å². The molecule has 0 spiro atoms. The molecule has 0 atom stereocenters. The van der Waals surface area contributed by atoms with E-state index in [1.54, 1.807) is 6.07 Å². The highest BCUT2D eigenvalue weighted by Crippen LogP contribution is 2.29. The standard InChI is InChI=1S/C16H23F3N4O2.HI/c17-16(18,19)25-14-6-2-1-5-13(14)22-15(20)21-7-3-4-8-23-9-11-24-12-10-23;/h1-2,5-6H,3-4,7-12H2,(H3,20,21,22);1H. The Labute approximate surface area is 167 Å². The lowest BCUT2D eigenvalue weighted by Crippen LogP contribution is -2.36. The molecule has 26 heavy (non-hydrogen) atoms. The van der Waals surface area contributed by atoms with E-state index in [2.05, 4.69) is 19.9 Å². The number of guanidine groups is 1. The molecule has 6 nitrogen and oxygen atoms in total. The van der Waals surface area contributed by atoms with Gasteiger partial charge >= 0.3 is 6.36 Å². The monoisotopic (exact) mass is 488 g/mol. The minimum atomic E-state index is -4.76. The number of rotatable bonds is 7. The van der Waals surface area contributed by atoms with Gasteiger partial charge in [0, 0.05) is 19.6 Å². The van der Waals surface area contributed by atoms with Crippen LogP contribution in [0.4, 0.5) is 18.9 Å². The van der Waals surface area contributed by atoms with Crippen LogP contribution in [0.5, 0.6) is 5.75 Å². The van der Waals surface area contributed by atoms with Crippen molar-refractivity contribution in [3.8, 4) is 5.75 Å². The smallest absolute Gasteiger partial charge is 0.404 e. The maximum absolute atomic E-state index is 12.4. The number of nitrogens with one attached hydrogen (secondary N) is 1. The molecular weight excluding hydrogens is 464 g/mol. The Morgan fingerprint density at radius 3 is 2.62 bits per heavy atom. The van der Waals surface area contributed by atoms with Crippen LogP contribution in [-0.4, -0.2) is 56.6 Å². The zero-order chi connectivity index (χ0) is 18.1. The molecule has 1 fully saturated rings. The van der Waals surface area contributed by atoms with E-state index in [4.69, 9.17) is 10.5 Å². The number of para-hydroxylation sites is 2. The van der Waals surface area contributed by atoms with Gasteiger partial charge in [-0.3, -0.25) is 9.89 Å². The molecule has 1 aliphatic rings. The van der Waals surface area contributed by atoms with Crippen molar-refractivity contribution in [1.82, 2.24) is 4.90 Å². The maximum Gasteiger partial charge on any atom is 0.573 e. The van der Waals surface area contributed by atoms with Gasteiger partial charge in [-0.2, -0.15) is 0 Å². The molecule has 1 aromatic rings. The number of ether oxygens (including phenoxy) is 2. The fraction of sp³-hybridized carbons (Fsp3) is 0.562. The maximum atomic E-state index is 12.4. The first-order chi connectivity index (χ1) is 11.9. The van der Waals surface area contributed by atoms with Gasteiger partial charge in [-0.05, 0) is 31.5 Å². The van der Waals surface area contributed by atoms with Crippen LogP contribution in [-0.2, 0) is 4.74 Å². The number of nitrogens with zero attached hydrogens (tertiary/aromatic N) is 2. The van der Waals surface area contributed by atoms with Gasteiger partial charge in [0.2, 0.25) is 0 Å². The third-order valence-corrected chi connectivity index (χ3v) is 3.64. The molecule has 3 N–H and O–H groups in total. The average Bonchev–Trinajstić information content (AvgIpc) is 2.56. The van der Waals surface area contributed by atoms with E-state index >= 15 is 0 Å². The van der Waals surface area contributed by atoms with Crippen LogP contribution in [0.15, 0.2) is 29.3 Å². The second-order valence-corrected chi connectivity index (χ2v) is 5.60. The number of halogens is 4. The summed E-state index contributed by atoms with van der Waals surface area (Å²) in [5, 5.41) is 2.65. The summed E-state index contributed by atoms with van der Waals surface area (Å²) in [5.41, 5.74) is 5.86. The van der Waals surface area contributed by atoms with Gasteiger partial charge in [0.05, 0.1) is 18.9 Å². The molecule has 0 amide bonds. The lowest BCUT2D eigenvalue weighted by Gasteiger charge is -2.26. The van der Waals surface area contributed by atoms with Crippen LogP contribution in [0, 0.1) is 0 Å². The number of morpholine rings is 1. The first-order valence-electron chi connectivity index (χ1n) is 8.16. The van der Waals surface area contributed by atoms with Gasteiger partial charge < -0.3 is 20.5 Å². The van der Waals surface area contributed by atoms with Gasteiger partial charge in [-0.15, -0.1) is 37.1 Å². The number of hydrogen-bond donors (Lipinski definition) is 2. The highest BCUT2D eigenvalue weighted by Gasteiger charge is 2.32. The molecule has 1 aromatic carbocycles. The Hall–Kier alpha value is -1.27. The Balaban J connectivity index is 0.00000338. The van der Waals surface area contributed by atoms with Crippen molar-refractivity contribution in [3.05, 3.63) is 24.3 Å². The fourth-order valence-electron chi connectivity index (χ4n) is 2.43. The molecule has 0 saturated carbocycles. The van der Waals surface area contributed by atoms with Crippen molar-refractivity contribution >= 4 is 35.6 Å². The molecule has 2 rings (SSSR count). The summed E-state index contributed by atoms with van der Waals surface area (Å²) >= 11 is 0. The van der Waals surface area contributed by atoms with Crippen molar-refractivity contribution < 1.29 is 22.6 Å². The lowest BCUT2D eigenvalue weighted by atomic mass is 10.3. The molecule has 1 heterocycles. The molecule has 1 aliphatic heterocycles. The quantitative estimate of drug-likeness (QED) is 0.267. The Morgan fingerprint density at radius 2 is 1.92 bits per heavy atom. The van der Waals surface area contributed by atoms with Crippen LogP contribution in [0.2, 0.25) is 0 Å². The topological polar surface area (TPSA) is 72.1 Å². The van der Waals surface area contributed by atoms with Crippen molar-refractivity contribution in [3.63, 3.8) is 0 Å². The first-order valence-corrected chi connectivity index (χ1v) is 8.16. The molecule has 0 aliphatic carbocycles. The van der Waals surface area contributed by atoms with Crippen molar-refractivity contribution in [2.24, 2.45) is 10.7 Å². The molecule has 0 radical (unpaired) electrons. The van der Waals surface area contributed by atoms with Crippen LogP contribution in [0.1, 0.15) is 12.8 Å². The van der Waals surface area contributed by atoms with E-state index < -0.39 is 6.36 Å². The van der Waals surface area contributed by atoms with E-state index in [-0.39, 0.29) is 41.4 Å². The summed E-state index contributed by atoms with van der Waals surface area (Å²) in [6.07, 6.45) is -2.94. The lowest BCUT2D eigenvalue weighted by molar-refractivity contribution is -0.274. The van der Waals surface area contributed by atoms with Crippen molar-refractivity contribution in [2.45, 2.75) is 19.2 Å². The molecular formula is C16H24F3IN4O2. The van der Waals surface area contributed by atoms with Gasteiger partial charge in [-0.1, -0.05) is 12.1 Å². The van der Waals surface area contributed by atoms with Crippen LogP contribution in [0.25, 0.3) is 0 Å². The number of nitrogens with two attached hydrogens (primary N) is 1. The van der Waals surface area contributed by atoms with Crippen LogP contribution in [0.3, 0.4) is 0 Å². The second-order valence-electron chi connectivity index (χ2n) is 5.60. The van der Waals surface area contributed by atoms with E-state index in [0.717, 1.165) is 45.7 Å². The van der Waals surface area contributed by atoms with Crippen LogP contribution < -0.4 is 15.8 Å². The van der Waals surface area contributed by atoms with Crippen molar-refractivity contribution in [2.75, 3.05) is 44.7 Å². The van der Waals surface area contributed by atoms with Gasteiger partial charge in [0.25, 0.3) is 0 Å². The molecule has 10 heteroatoms. The molecule has 1 saturated heterocycles. The van der Waals surface area contributed by atoms with Crippen molar-refractivity contribution in [1.29, 1.82) is 0 Å². The van der Waals surface area contributed by atoms with Crippen LogP contribution >= 0.6 is 24.0 Å². The van der Waals surface area contributed by atoms with Gasteiger partial charge in [0.15, 0.2) is 11.7 Å². The zero-order valence-corrected chi connectivity index (χ0v) is 16.6. The summed E-state index contributed by atoms with van der Waals surface area (Å²) in [5.74, 6) is -0.287. The Kier molecular flexibility index (Phi) is 10.0. The summed E-state index contributed by atoms with van der Waals surface area (Å²) in [7, 11) is 0. The van der Waals surface area contributed by atoms with Gasteiger partial charge in [-0.25, -0.2) is 0 Å². The normalized spacial score (nSPS) is 16.0. The number of hydrogen-bond acceptors (Lipinski definition) is 4. The molecule has 0 unspecified atom stereocenters. The highest BCUT2D eigenvalue weighted by molar-refractivity contribution is 14.0. The van der Waals surface area contributed by atoms with E-state index in [1.165, 1.54) is 18.2 Å². The predicted molar refractivity (Wildman–Crippen MR) is 105 cm³/mol. The predicted octanol–water partition coefficient (Wildman–Crippen LogP) is 3.04. The highest BCUT2D eigenvalue weighted by atomic mass is 127. The summed E-state index contributed by atoms with van der Waals surface area (Å²) in [6, 6.07) is 5.69. The first kappa shape index (κ1) is 22.8. The summed E-state index contributed by atoms with van der Waals surface area (Å²) < 4.78 is 46.4. The Bertz CT molecular complexity index is 567. The Morgan fingerprint density at radius 1 is 1.23 bits per heavy atom. The minimum absolute atomic E-state index is 0. The van der Waals surface area contributed by atoms with Gasteiger partial charge in [0.1, 0.15) is 0 Å². The molecule has 0 bridgehead atoms. The number of alkyl halides is 3. The molecule has 0 aromatic heterocycles. The largest absolute Gasteiger partial charge is 0.573 e. The third-order valence-electron chi connectivity index (χ3n) is 3.64. The zero-order valence-electron chi connectivity index (χ0n) is 14.3. The second kappa shape index (κ2) is 11.4. The number of unbranched alkanes of at least 4 members (excludes halogenated alkanes) is 1. The summed E-state index contributed by atoms with van der Waals surface area (Å²) in [6.45, 7) is 4.93. The third kappa shape index (κ3) is 8.90. The fourth-order valence-corrected chi connectivity index (χ4v) is 2.43. The minimum Gasteiger partial charge on any atom is -0.404 e. The SMILES string of the molecule is I.NC(=NCCCCN1CCOCC1)Nc1ccccc1OC(F)(F)F. The average molecular weight is 488 g/mol. The molecule has 148 valence electrons. The van der Waals surface area contributed by atoms with E-state index in [1.807, 2.05) is 0 Å². The number of benzene rings is 1. The van der Waals surface area contributed by atoms with E-state index in [0.29, 0.717) is 6.54 Å². The summed E-state index contributed by atoms with van der Waals surface area (Å²) in [4.78, 5) is 6.48. The number of anilines is 1.